The Bertz CT molecular complexity index is 498. The zero-order chi connectivity index (χ0) is 9.42. The van der Waals surface area contributed by atoms with Crippen LogP contribution in [-0.4, -0.2) is 9.78 Å². The van der Waals surface area contributed by atoms with Gasteiger partial charge in [0.15, 0.2) is 0 Å². The van der Waals surface area contributed by atoms with E-state index in [0.717, 1.165) is 0 Å². The molecule has 0 radical (unpaired) electrons. The minimum absolute atomic E-state index is 0.239. The molecule has 13 heavy (non-hydrogen) atoms. The van der Waals surface area contributed by atoms with Crippen molar-refractivity contribution in [3.8, 4) is 0 Å². The third-order valence-electron chi connectivity index (χ3n) is 2.05. The first kappa shape index (κ1) is 8.04. The predicted molar refractivity (Wildman–Crippen MR) is 48.2 cm³/mol. The lowest BCUT2D eigenvalue weighted by atomic mass is 10.2. The largest absolute Gasteiger partial charge is 0.282 e. The van der Waals surface area contributed by atoms with Crippen LogP contribution >= 0.6 is 0 Å². The van der Waals surface area contributed by atoms with Gasteiger partial charge in [-0.05, 0) is 19.1 Å². The van der Waals surface area contributed by atoms with Gasteiger partial charge in [-0.3, -0.25) is 14.6 Å². The Morgan fingerprint density at radius 2 is 2.31 bits per heavy atom. The summed E-state index contributed by atoms with van der Waals surface area (Å²) in [4.78, 5) is 11.3. The van der Waals surface area contributed by atoms with Crippen molar-refractivity contribution in [2.75, 3.05) is 0 Å². The van der Waals surface area contributed by atoms with E-state index >= 15 is 0 Å². The average Bonchev–Trinajstić information content (AvgIpc) is 2.45. The maximum atomic E-state index is 13.3. The fourth-order valence-corrected chi connectivity index (χ4v) is 1.45. The van der Waals surface area contributed by atoms with Crippen LogP contribution in [0.25, 0.3) is 10.9 Å². The van der Waals surface area contributed by atoms with Crippen LogP contribution in [0.15, 0.2) is 23.0 Å². The number of halogens is 1. The van der Waals surface area contributed by atoms with Gasteiger partial charge in [-0.2, -0.15) is 0 Å². The number of nitrogens with one attached hydrogen (secondary N) is 1. The first-order valence-corrected chi connectivity index (χ1v) is 4.11. The molecule has 0 aliphatic heterocycles. The maximum absolute atomic E-state index is 13.3. The minimum Gasteiger partial charge on any atom is -0.282 e. The molecule has 0 aliphatic carbocycles. The van der Waals surface area contributed by atoms with Gasteiger partial charge in [-0.1, -0.05) is 6.07 Å². The summed E-state index contributed by atoms with van der Waals surface area (Å²) in [7, 11) is 0. The average molecular weight is 180 g/mol. The summed E-state index contributed by atoms with van der Waals surface area (Å²) in [5.41, 5.74) is 0.117. The highest BCUT2D eigenvalue weighted by molar-refractivity contribution is 5.78. The van der Waals surface area contributed by atoms with Crippen molar-refractivity contribution in [3.05, 3.63) is 34.4 Å². The van der Waals surface area contributed by atoms with E-state index in [2.05, 4.69) is 5.10 Å². The molecule has 68 valence electrons. The molecule has 4 heteroatoms. The van der Waals surface area contributed by atoms with Crippen molar-refractivity contribution in [1.82, 2.24) is 9.78 Å². The van der Waals surface area contributed by atoms with Crippen LogP contribution in [0.2, 0.25) is 0 Å². The van der Waals surface area contributed by atoms with Crippen LogP contribution in [0.5, 0.6) is 0 Å². The molecule has 1 aromatic heterocycles. The second kappa shape index (κ2) is 2.73. The number of H-pyrrole nitrogens is 1. The van der Waals surface area contributed by atoms with Crippen LogP contribution in [0.4, 0.5) is 4.39 Å². The highest BCUT2D eigenvalue weighted by atomic mass is 19.1. The van der Waals surface area contributed by atoms with Gasteiger partial charge >= 0.3 is 0 Å². The van der Waals surface area contributed by atoms with E-state index in [0.29, 0.717) is 17.4 Å². The highest BCUT2D eigenvalue weighted by Gasteiger charge is 2.08. The third kappa shape index (κ3) is 1.06. The summed E-state index contributed by atoms with van der Waals surface area (Å²) < 4.78 is 14.8. The van der Waals surface area contributed by atoms with E-state index in [9.17, 15) is 9.18 Å². The number of aryl methyl sites for hydroxylation is 1. The molecule has 3 nitrogen and oxygen atoms in total. The van der Waals surface area contributed by atoms with E-state index < -0.39 is 0 Å². The summed E-state index contributed by atoms with van der Waals surface area (Å²) in [5.74, 6) is -0.363. The maximum Gasteiger partial charge on any atom is 0.272 e. The number of hydrogen-bond donors (Lipinski definition) is 1. The third-order valence-corrected chi connectivity index (χ3v) is 2.05. The van der Waals surface area contributed by atoms with Gasteiger partial charge in [0.2, 0.25) is 0 Å². The Balaban J connectivity index is 2.97. The normalized spacial score (nSPS) is 10.9. The Hall–Kier alpha value is -1.58. The second-order valence-electron chi connectivity index (χ2n) is 2.82. The molecule has 0 saturated carbocycles. The smallest absolute Gasteiger partial charge is 0.272 e. The number of nitrogens with zero attached hydrogens (tertiary/aromatic N) is 1. The fourth-order valence-electron chi connectivity index (χ4n) is 1.45. The number of benzene rings is 1. The van der Waals surface area contributed by atoms with E-state index in [1.54, 1.807) is 6.07 Å². The molecule has 0 fully saturated rings. The van der Waals surface area contributed by atoms with Crippen molar-refractivity contribution in [2.45, 2.75) is 13.5 Å². The summed E-state index contributed by atoms with van der Waals surface area (Å²) >= 11 is 0. The molecule has 1 aromatic carbocycles. The fraction of sp³-hybridized carbons (Fsp3) is 0.222. The van der Waals surface area contributed by atoms with Gasteiger partial charge in [0.25, 0.3) is 5.56 Å². The zero-order valence-corrected chi connectivity index (χ0v) is 7.17. The van der Waals surface area contributed by atoms with Crippen molar-refractivity contribution in [1.29, 1.82) is 0 Å². The molecule has 0 atom stereocenters. The molecular weight excluding hydrogens is 171 g/mol. The molecule has 0 unspecified atom stereocenters. The number of fused-ring (bicyclic) bond motifs is 1. The SMILES string of the molecule is CCn1[nH]c(=O)c2cccc(F)c21. The van der Waals surface area contributed by atoms with Crippen molar-refractivity contribution in [2.24, 2.45) is 0 Å². The molecule has 0 amide bonds. The summed E-state index contributed by atoms with van der Waals surface area (Å²) in [6.07, 6.45) is 0. The zero-order valence-electron chi connectivity index (χ0n) is 7.17. The molecule has 0 saturated heterocycles. The summed E-state index contributed by atoms with van der Waals surface area (Å²) in [5, 5.41) is 2.97. The standard InChI is InChI=1S/C9H9FN2O/c1-2-12-8-6(9(13)11-12)4-3-5-7(8)10/h3-5H,2H2,1H3,(H,11,13). The molecule has 0 bridgehead atoms. The Morgan fingerprint density at radius 1 is 1.54 bits per heavy atom. The van der Waals surface area contributed by atoms with Gasteiger partial charge in [0, 0.05) is 6.54 Å². The Morgan fingerprint density at radius 3 is 3.00 bits per heavy atom. The lowest BCUT2D eigenvalue weighted by Crippen LogP contribution is -2.03. The molecule has 1 N–H and O–H groups in total. The molecule has 2 aromatic rings. The highest BCUT2D eigenvalue weighted by Crippen LogP contribution is 2.13. The number of aromatic nitrogens is 2. The van der Waals surface area contributed by atoms with Crippen molar-refractivity contribution >= 4 is 10.9 Å². The number of para-hydroxylation sites is 1. The van der Waals surface area contributed by atoms with E-state index in [1.807, 2.05) is 6.92 Å². The summed E-state index contributed by atoms with van der Waals surface area (Å²) in [6.45, 7) is 2.40. The number of aromatic amines is 1. The Kier molecular flexibility index (Phi) is 1.69. The van der Waals surface area contributed by atoms with Crippen LogP contribution in [0, 0.1) is 5.82 Å². The number of rotatable bonds is 1. The van der Waals surface area contributed by atoms with Crippen LogP contribution < -0.4 is 5.56 Å². The monoisotopic (exact) mass is 180 g/mol. The lowest BCUT2D eigenvalue weighted by molar-refractivity contribution is 0.608. The molecule has 2 rings (SSSR count). The molecular formula is C9H9FN2O. The van der Waals surface area contributed by atoms with E-state index in [1.165, 1.54) is 16.8 Å². The first-order chi connectivity index (χ1) is 6.24. The molecule has 1 heterocycles. The van der Waals surface area contributed by atoms with Crippen LogP contribution in [0.1, 0.15) is 6.92 Å². The van der Waals surface area contributed by atoms with E-state index in [4.69, 9.17) is 0 Å². The minimum atomic E-state index is -0.363. The quantitative estimate of drug-likeness (QED) is 0.709. The topological polar surface area (TPSA) is 37.8 Å². The van der Waals surface area contributed by atoms with Gasteiger partial charge in [-0.15, -0.1) is 0 Å². The number of hydrogen-bond acceptors (Lipinski definition) is 1. The first-order valence-electron chi connectivity index (χ1n) is 4.11. The van der Waals surface area contributed by atoms with Gasteiger partial charge in [0.05, 0.1) is 5.39 Å². The Labute approximate surface area is 73.8 Å². The molecule has 0 aliphatic rings. The lowest BCUT2D eigenvalue weighted by Gasteiger charge is -1.98. The second-order valence-corrected chi connectivity index (χ2v) is 2.82. The van der Waals surface area contributed by atoms with Crippen molar-refractivity contribution < 1.29 is 4.39 Å². The van der Waals surface area contributed by atoms with Crippen LogP contribution in [-0.2, 0) is 6.54 Å². The summed E-state index contributed by atoms with van der Waals surface area (Å²) in [6, 6.07) is 4.50. The van der Waals surface area contributed by atoms with Crippen LogP contribution in [0.3, 0.4) is 0 Å². The molecule has 0 spiro atoms. The van der Waals surface area contributed by atoms with Crippen molar-refractivity contribution in [3.63, 3.8) is 0 Å². The van der Waals surface area contributed by atoms with Gasteiger partial charge < -0.3 is 0 Å². The van der Waals surface area contributed by atoms with Gasteiger partial charge in [0.1, 0.15) is 11.3 Å². The predicted octanol–water partition coefficient (Wildman–Crippen LogP) is 1.49. The van der Waals surface area contributed by atoms with Gasteiger partial charge in [-0.25, -0.2) is 4.39 Å². The van der Waals surface area contributed by atoms with E-state index in [-0.39, 0.29) is 11.4 Å².